The van der Waals surface area contributed by atoms with Gasteiger partial charge in [0.15, 0.2) is 0 Å². The van der Waals surface area contributed by atoms with Gasteiger partial charge in [-0.05, 0) is 44.5 Å². The van der Waals surface area contributed by atoms with Crippen molar-refractivity contribution in [1.82, 2.24) is 9.80 Å². The molecule has 2 N–H and O–H groups in total. The first-order valence-corrected chi connectivity index (χ1v) is 11.9. The van der Waals surface area contributed by atoms with Gasteiger partial charge in [0, 0.05) is 49.3 Å². The number of hydrogen-bond acceptors (Lipinski definition) is 6. The van der Waals surface area contributed by atoms with Crippen LogP contribution in [0.25, 0.3) is 0 Å². The summed E-state index contributed by atoms with van der Waals surface area (Å²) in [6.45, 7) is 3.11. The Bertz CT molecular complexity index is 865. The van der Waals surface area contributed by atoms with Gasteiger partial charge in [0.2, 0.25) is 11.8 Å². The average Bonchev–Trinajstić information content (AvgIpc) is 3.10. The number of piperazine rings is 1. The quantitative estimate of drug-likeness (QED) is 0.718. The summed E-state index contributed by atoms with van der Waals surface area (Å²) in [4.78, 5) is 29.4. The van der Waals surface area contributed by atoms with Crippen molar-refractivity contribution in [3.05, 3.63) is 23.8 Å². The smallest absolute Gasteiger partial charge is 0.227 e. The lowest BCUT2D eigenvalue weighted by atomic mass is 9.83. The van der Waals surface area contributed by atoms with Crippen LogP contribution < -0.4 is 10.1 Å². The van der Waals surface area contributed by atoms with Gasteiger partial charge in [0.25, 0.3) is 0 Å². The van der Waals surface area contributed by atoms with Crippen LogP contribution in [0.2, 0.25) is 0 Å². The van der Waals surface area contributed by atoms with E-state index in [1.54, 1.807) is 0 Å². The number of nitrogens with zero attached hydrogens (tertiary/aromatic N) is 2. The summed E-state index contributed by atoms with van der Waals surface area (Å²) in [5.41, 5.74) is 1.81. The summed E-state index contributed by atoms with van der Waals surface area (Å²) >= 11 is 0. The zero-order valence-electron chi connectivity index (χ0n) is 18.7. The zero-order chi connectivity index (χ0) is 22.2. The number of rotatable bonds is 5. The van der Waals surface area contributed by atoms with Gasteiger partial charge in [-0.25, -0.2) is 0 Å². The molecule has 0 radical (unpaired) electrons. The van der Waals surface area contributed by atoms with E-state index in [4.69, 9.17) is 9.47 Å². The third kappa shape index (κ3) is 4.23. The summed E-state index contributed by atoms with van der Waals surface area (Å²) in [6, 6.07) is 5.76. The van der Waals surface area contributed by atoms with Crippen LogP contribution in [0, 0.1) is 5.92 Å². The number of anilines is 1. The van der Waals surface area contributed by atoms with Gasteiger partial charge >= 0.3 is 0 Å². The third-order valence-corrected chi connectivity index (χ3v) is 7.50. The van der Waals surface area contributed by atoms with E-state index in [-0.39, 0.29) is 42.5 Å². The number of aliphatic hydroxyl groups is 1. The second-order valence-electron chi connectivity index (χ2n) is 9.66. The maximum atomic E-state index is 12.9. The maximum Gasteiger partial charge on any atom is 0.227 e. The number of aliphatic hydroxyl groups excluding tert-OH is 1. The first-order valence-electron chi connectivity index (χ1n) is 11.9. The van der Waals surface area contributed by atoms with Crippen molar-refractivity contribution >= 4 is 17.5 Å². The molecular weight excluding hydrogens is 410 g/mol. The number of fused-ring (bicyclic) bond motifs is 3. The minimum Gasteiger partial charge on any atom is -0.487 e. The molecular formula is C24H33N3O5. The molecule has 2 saturated heterocycles. The normalized spacial score (nSPS) is 30.1. The van der Waals surface area contributed by atoms with Crippen molar-refractivity contribution in [2.45, 2.75) is 56.3 Å². The monoisotopic (exact) mass is 443 g/mol. The number of ether oxygens (including phenoxy) is 2. The van der Waals surface area contributed by atoms with Gasteiger partial charge in [0.1, 0.15) is 18.0 Å². The van der Waals surface area contributed by atoms with E-state index >= 15 is 0 Å². The van der Waals surface area contributed by atoms with Crippen molar-refractivity contribution in [2.24, 2.45) is 5.92 Å². The Labute approximate surface area is 188 Å². The molecule has 0 unspecified atom stereocenters. The summed E-state index contributed by atoms with van der Waals surface area (Å²) < 4.78 is 12.2. The van der Waals surface area contributed by atoms with Crippen LogP contribution in [0.15, 0.2) is 18.2 Å². The minimum absolute atomic E-state index is 0.0294. The molecule has 174 valence electrons. The molecule has 4 atom stereocenters. The lowest BCUT2D eigenvalue weighted by molar-refractivity contribution is -0.150. The summed E-state index contributed by atoms with van der Waals surface area (Å²) in [5, 5.41) is 13.0. The molecule has 3 fully saturated rings. The standard InChI is InChI=1S/C24H33N3O5/c1-26-7-9-27(10-8-26)22(29)13-17-12-19-18-11-16(25-24(30)15-3-2-4-15)5-6-20(18)32-23(19)21(14-28)31-17/h5-6,11,15,17,19,21,23,28H,2-4,7-10,12-14H2,1H3,(H,25,30)/t17-,19+,21-,23-/m1/s1. The second kappa shape index (κ2) is 9.00. The number of benzene rings is 1. The highest BCUT2D eigenvalue weighted by molar-refractivity contribution is 5.93. The average molecular weight is 444 g/mol. The molecule has 1 saturated carbocycles. The predicted octanol–water partition coefficient (Wildman–Crippen LogP) is 1.58. The van der Waals surface area contributed by atoms with Gasteiger partial charge in [0.05, 0.1) is 19.1 Å². The van der Waals surface area contributed by atoms with Crippen molar-refractivity contribution in [2.75, 3.05) is 45.2 Å². The number of carbonyl (C=O) groups is 2. The van der Waals surface area contributed by atoms with Crippen molar-refractivity contribution in [1.29, 1.82) is 0 Å². The molecule has 8 nitrogen and oxygen atoms in total. The van der Waals surface area contributed by atoms with Crippen molar-refractivity contribution in [3.8, 4) is 5.75 Å². The lowest BCUT2D eigenvalue weighted by Crippen LogP contribution is -2.50. The number of nitrogens with one attached hydrogen (secondary N) is 1. The molecule has 2 amide bonds. The Morgan fingerprint density at radius 3 is 2.66 bits per heavy atom. The van der Waals surface area contributed by atoms with E-state index in [0.29, 0.717) is 12.8 Å². The van der Waals surface area contributed by atoms with E-state index < -0.39 is 6.10 Å². The van der Waals surface area contributed by atoms with E-state index in [0.717, 1.165) is 62.4 Å². The Kier molecular flexibility index (Phi) is 6.09. The van der Waals surface area contributed by atoms with Gasteiger partial charge in [-0.1, -0.05) is 6.42 Å². The SMILES string of the molecule is CN1CCN(C(=O)C[C@H]2C[C@H]3c4cc(NC(=O)C5CCC5)ccc4O[C@H]3[C@@H](CO)O2)CC1. The predicted molar refractivity (Wildman–Crippen MR) is 119 cm³/mol. The number of likely N-dealkylation sites (N-methyl/N-ethyl adjacent to an activating group) is 1. The molecule has 1 aromatic rings. The first-order chi connectivity index (χ1) is 15.5. The molecule has 1 aromatic carbocycles. The van der Waals surface area contributed by atoms with E-state index in [9.17, 15) is 14.7 Å². The molecule has 0 spiro atoms. The Hall–Kier alpha value is -2.16. The van der Waals surface area contributed by atoms with Crippen LogP contribution in [0.5, 0.6) is 5.75 Å². The molecule has 32 heavy (non-hydrogen) atoms. The molecule has 3 heterocycles. The molecule has 0 aromatic heterocycles. The van der Waals surface area contributed by atoms with Crippen LogP contribution in [0.1, 0.15) is 43.6 Å². The highest BCUT2D eigenvalue weighted by Gasteiger charge is 2.46. The minimum atomic E-state index is -0.473. The van der Waals surface area contributed by atoms with Gasteiger partial charge in [-0.15, -0.1) is 0 Å². The molecule has 0 bridgehead atoms. The lowest BCUT2D eigenvalue weighted by Gasteiger charge is -2.38. The van der Waals surface area contributed by atoms with Crippen LogP contribution >= 0.6 is 0 Å². The fourth-order valence-electron chi connectivity index (χ4n) is 5.26. The summed E-state index contributed by atoms with van der Waals surface area (Å²) in [6.07, 6.45) is 3.01. The van der Waals surface area contributed by atoms with Crippen molar-refractivity contribution in [3.63, 3.8) is 0 Å². The maximum absolute atomic E-state index is 12.9. The number of carbonyl (C=O) groups excluding carboxylic acids is 2. The number of hydrogen-bond donors (Lipinski definition) is 2. The second-order valence-corrected chi connectivity index (χ2v) is 9.66. The van der Waals surface area contributed by atoms with Crippen LogP contribution in [0.4, 0.5) is 5.69 Å². The fourth-order valence-corrected chi connectivity index (χ4v) is 5.26. The van der Waals surface area contributed by atoms with Crippen LogP contribution in [-0.4, -0.2) is 84.9 Å². The summed E-state index contributed by atoms with van der Waals surface area (Å²) in [7, 11) is 2.07. The summed E-state index contributed by atoms with van der Waals surface area (Å²) in [5.74, 6) is 1.12. The third-order valence-electron chi connectivity index (χ3n) is 7.50. The molecule has 3 aliphatic heterocycles. The van der Waals surface area contributed by atoms with Gasteiger partial charge in [-0.2, -0.15) is 0 Å². The molecule has 5 rings (SSSR count). The highest BCUT2D eigenvalue weighted by Crippen LogP contribution is 2.47. The van der Waals surface area contributed by atoms with Gasteiger partial charge < -0.3 is 29.7 Å². The Morgan fingerprint density at radius 2 is 1.97 bits per heavy atom. The Morgan fingerprint density at radius 1 is 1.19 bits per heavy atom. The molecule has 4 aliphatic rings. The van der Waals surface area contributed by atoms with Crippen molar-refractivity contribution < 1.29 is 24.2 Å². The Balaban J connectivity index is 1.28. The van der Waals surface area contributed by atoms with Crippen LogP contribution in [-0.2, 0) is 14.3 Å². The molecule has 1 aliphatic carbocycles. The zero-order valence-corrected chi connectivity index (χ0v) is 18.7. The van der Waals surface area contributed by atoms with Crippen LogP contribution in [0.3, 0.4) is 0 Å². The molecule has 8 heteroatoms. The topological polar surface area (TPSA) is 91.3 Å². The largest absolute Gasteiger partial charge is 0.487 e. The van der Waals surface area contributed by atoms with Gasteiger partial charge in [-0.3, -0.25) is 9.59 Å². The first kappa shape index (κ1) is 21.7. The number of amides is 2. The van der Waals surface area contributed by atoms with E-state index in [2.05, 4.69) is 17.3 Å². The fraction of sp³-hybridized carbons (Fsp3) is 0.667. The van der Waals surface area contributed by atoms with E-state index in [1.165, 1.54) is 0 Å². The van der Waals surface area contributed by atoms with E-state index in [1.807, 2.05) is 23.1 Å². The highest BCUT2D eigenvalue weighted by atomic mass is 16.6.